The molecule has 5 heteroatoms. The number of ether oxygens (including phenoxy) is 1. The predicted molar refractivity (Wildman–Crippen MR) is 104 cm³/mol. The molecule has 1 N–H and O–H groups in total. The highest BCUT2D eigenvalue weighted by Gasteiger charge is 2.30. The van der Waals surface area contributed by atoms with E-state index in [2.05, 4.69) is 5.32 Å². The zero-order valence-corrected chi connectivity index (χ0v) is 15.2. The Morgan fingerprint density at radius 1 is 1.19 bits per heavy atom. The zero-order chi connectivity index (χ0) is 17.9. The van der Waals surface area contributed by atoms with Crippen molar-refractivity contribution in [1.82, 2.24) is 0 Å². The molecule has 26 heavy (non-hydrogen) atoms. The van der Waals surface area contributed by atoms with E-state index in [9.17, 15) is 4.79 Å². The molecule has 4 nitrogen and oxygen atoms in total. The van der Waals surface area contributed by atoms with E-state index in [0.717, 1.165) is 42.0 Å². The third-order valence-corrected chi connectivity index (χ3v) is 5.17. The Morgan fingerprint density at radius 3 is 2.81 bits per heavy atom. The molecule has 0 saturated carbocycles. The minimum atomic E-state index is -0.458. The molecule has 0 radical (unpaired) electrons. The fourth-order valence-corrected chi connectivity index (χ4v) is 3.78. The van der Waals surface area contributed by atoms with Crippen LogP contribution in [0.3, 0.4) is 0 Å². The van der Waals surface area contributed by atoms with E-state index in [1.807, 2.05) is 42.5 Å². The van der Waals surface area contributed by atoms with Crippen molar-refractivity contribution in [1.29, 1.82) is 0 Å². The molecule has 2 aliphatic heterocycles. The van der Waals surface area contributed by atoms with Crippen LogP contribution in [0.1, 0.15) is 24.0 Å². The third kappa shape index (κ3) is 3.67. The lowest BCUT2D eigenvalue weighted by Crippen LogP contribution is -2.29. The molecule has 2 aromatic carbocycles. The number of hydrogen-bond acceptors (Lipinski definition) is 3. The number of carbonyl (C=O) groups excluding carboxylic acids is 1. The minimum Gasteiger partial charge on any atom is -0.381 e. The lowest BCUT2D eigenvalue weighted by molar-refractivity contribution is -0.117. The second-order valence-corrected chi connectivity index (χ2v) is 7.25. The molecule has 0 aliphatic carbocycles. The summed E-state index contributed by atoms with van der Waals surface area (Å²) >= 11 is 6.16. The molecular formula is C21H21ClN2O2. The average molecular weight is 369 g/mol. The van der Waals surface area contributed by atoms with E-state index in [0.29, 0.717) is 18.1 Å². The van der Waals surface area contributed by atoms with Gasteiger partial charge in [0.15, 0.2) is 0 Å². The van der Waals surface area contributed by atoms with Gasteiger partial charge in [0.05, 0.1) is 18.0 Å². The zero-order valence-electron chi connectivity index (χ0n) is 14.5. The number of benzene rings is 2. The molecular weight excluding hydrogens is 348 g/mol. The molecule has 0 spiro atoms. The monoisotopic (exact) mass is 368 g/mol. The number of hydrogen-bond donors (Lipinski definition) is 1. The average Bonchev–Trinajstić information content (AvgIpc) is 2.80. The Kier molecular flexibility index (Phi) is 5.05. The topological polar surface area (TPSA) is 50.7 Å². The highest BCUT2D eigenvalue weighted by molar-refractivity contribution is 6.31. The number of amides is 1. The van der Waals surface area contributed by atoms with Gasteiger partial charge < -0.3 is 10.1 Å². The van der Waals surface area contributed by atoms with Crippen LogP contribution in [0.5, 0.6) is 0 Å². The maximum Gasteiger partial charge on any atom is 0.249 e. The van der Waals surface area contributed by atoms with Gasteiger partial charge in [-0.25, -0.2) is 0 Å². The van der Waals surface area contributed by atoms with Crippen LogP contribution in [0.15, 0.2) is 53.5 Å². The molecule has 2 heterocycles. The van der Waals surface area contributed by atoms with Gasteiger partial charge in [0.1, 0.15) is 6.04 Å². The number of carbonyl (C=O) groups is 1. The first kappa shape index (κ1) is 17.3. The molecule has 1 fully saturated rings. The smallest absolute Gasteiger partial charge is 0.249 e. The molecule has 1 saturated heterocycles. The van der Waals surface area contributed by atoms with Gasteiger partial charge in [-0.05, 0) is 36.6 Å². The van der Waals surface area contributed by atoms with Gasteiger partial charge in [-0.2, -0.15) is 0 Å². The number of anilines is 1. The lowest BCUT2D eigenvalue weighted by atomic mass is 9.90. The van der Waals surface area contributed by atoms with Crippen molar-refractivity contribution in [3.8, 4) is 0 Å². The van der Waals surface area contributed by atoms with Crippen LogP contribution in [0.4, 0.5) is 5.69 Å². The fraction of sp³-hybridized carbons (Fsp3) is 0.333. The Balaban J connectivity index is 1.73. The van der Waals surface area contributed by atoms with Crippen molar-refractivity contribution < 1.29 is 9.53 Å². The SMILES string of the molecule is O=C1Nc2cc(Cl)ccc2C(C2CCCOC2)=NC1Cc1ccccc1. The van der Waals surface area contributed by atoms with Gasteiger partial charge >= 0.3 is 0 Å². The highest BCUT2D eigenvalue weighted by atomic mass is 35.5. The van der Waals surface area contributed by atoms with E-state index in [4.69, 9.17) is 21.3 Å². The lowest BCUT2D eigenvalue weighted by Gasteiger charge is -2.24. The first-order chi connectivity index (χ1) is 12.7. The van der Waals surface area contributed by atoms with Crippen molar-refractivity contribution in [2.45, 2.75) is 25.3 Å². The molecule has 134 valence electrons. The largest absolute Gasteiger partial charge is 0.381 e. The van der Waals surface area contributed by atoms with Gasteiger partial charge in [-0.1, -0.05) is 41.9 Å². The summed E-state index contributed by atoms with van der Waals surface area (Å²) in [7, 11) is 0. The molecule has 2 aliphatic rings. The standard InChI is InChI=1S/C21H21ClN2O2/c22-16-8-9-17-18(12-16)24-21(25)19(11-14-5-2-1-3-6-14)23-20(17)15-7-4-10-26-13-15/h1-3,5-6,8-9,12,15,19H,4,7,10-11,13H2,(H,24,25). The molecule has 1 amide bonds. The van der Waals surface area contributed by atoms with Crippen LogP contribution in [-0.2, 0) is 16.0 Å². The van der Waals surface area contributed by atoms with Crippen LogP contribution < -0.4 is 5.32 Å². The van der Waals surface area contributed by atoms with Gasteiger partial charge in [-0.15, -0.1) is 0 Å². The first-order valence-electron chi connectivity index (χ1n) is 9.01. The number of aliphatic imine (C=N–C) groups is 1. The van der Waals surface area contributed by atoms with E-state index in [1.165, 1.54) is 0 Å². The van der Waals surface area contributed by atoms with E-state index in [-0.39, 0.29) is 11.8 Å². The maximum absolute atomic E-state index is 12.8. The Hall–Kier alpha value is -2.17. The summed E-state index contributed by atoms with van der Waals surface area (Å²) in [6.45, 7) is 1.44. The number of nitrogens with one attached hydrogen (secondary N) is 1. The second kappa shape index (κ2) is 7.60. The Bertz CT molecular complexity index is 829. The molecule has 0 aromatic heterocycles. The van der Waals surface area contributed by atoms with Crippen molar-refractivity contribution in [3.05, 3.63) is 64.7 Å². The summed E-state index contributed by atoms with van der Waals surface area (Å²) in [5, 5.41) is 3.63. The molecule has 2 atom stereocenters. The minimum absolute atomic E-state index is 0.0934. The van der Waals surface area contributed by atoms with E-state index < -0.39 is 6.04 Å². The number of halogens is 1. The van der Waals surface area contributed by atoms with Crippen LogP contribution in [-0.4, -0.2) is 30.9 Å². The summed E-state index contributed by atoms with van der Waals surface area (Å²) in [6, 6.07) is 15.2. The van der Waals surface area contributed by atoms with Crippen molar-refractivity contribution in [3.63, 3.8) is 0 Å². The fourth-order valence-electron chi connectivity index (χ4n) is 3.61. The summed E-state index contributed by atoms with van der Waals surface area (Å²) in [4.78, 5) is 17.8. The van der Waals surface area contributed by atoms with Gasteiger partial charge in [-0.3, -0.25) is 9.79 Å². The predicted octanol–water partition coefficient (Wildman–Crippen LogP) is 4.12. The molecule has 2 unspecified atom stereocenters. The summed E-state index contributed by atoms with van der Waals surface area (Å²) in [5.41, 5.74) is 3.74. The molecule has 2 aromatic rings. The van der Waals surface area contributed by atoms with Crippen LogP contribution >= 0.6 is 11.6 Å². The van der Waals surface area contributed by atoms with Crippen LogP contribution in [0, 0.1) is 5.92 Å². The first-order valence-corrected chi connectivity index (χ1v) is 9.38. The maximum atomic E-state index is 12.8. The highest BCUT2D eigenvalue weighted by Crippen LogP contribution is 2.30. The van der Waals surface area contributed by atoms with E-state index >= 15 is 0 Å². The van der Waals surface area contributed by atoms with Crippen molar-refractivity contribution >= 4 is 28.9 Å². The van der Waals surface area contributed by atoms with Crippen molar-refractivity contribution in [2.24, 2.45) is 10.9 Å². The second-order valence-electron chi connectivity index (χ2n) is 6.81. The van der Waals surface area contributed by atoms with Crippen LogP contribution in [0.2, 0.25) is 5.02 Å². The number of nitrogens with zero attached hydrogens (tertiary/aromatic N) is 1. The molecule has 4 rings (SSSR count). The summed E-state index contributed by atoms with van der Waals surface area (Å²) in [6.07, 6.45) is 2.61. The molecule has 0 bridgehead atoms. The number of benzodiazepines with no additional fused rings is 1. The third-order valence-electron chi connectivity index (χ3n) is 4.93. The number of rotatable bonds is 3. The van der Waals surface area contributed by atoms with Crippen molar-refractivity contribution in [2.75, 3.05) is 18.5 Å². The van der Waals surface area contributed by atoms with Gasteiger partial charge in [0.25, 0.3) is 0 Å². The summed E-state index contributed by atoms with van der Waals surface area (Å²) < 4.78 is 5.68. The quantitative estimate of drug-likeness (QED) is 0.886. The van der Waals surface area contributed by atoms with Crippen LogP contribution in [0.25, 0.3) is 0 Å². The van der Waals surface area contributed by atoms with Gasteiger partial charge in [0, 0.05) is 29.5 Å². The normalized spacial score (nSPS) is 22.8. The summed E-state index contributed by atoms with van der Waals surface area (Å²) in [5.74, 6) is 0.110. The van der Waals surface area contributed by atoms with E-state index in [1.54, 1.807) is 6.07 Å². The Morgan fingerprint density at radius 2 is 2.04 bits per heavy atom. The Labute approximate surface area is 158 Å². The van der Waals surface area contributed by atoms with Gasteiger partial charge in [0.2, 0.25) is 5.91 Å². The number of fused-ring (bicyclic) bond motifs is 1.